The zero-order valence-electron chi connectivity index (χ0n) is 10.5. The summed E-state index contributed by atoms with van der Waals surface area (Å²) in [6, 6.07) is 16.4. The molecule has 2 aromatic carbocycles. The summed E-state index contributed by atoms with van der Waals surface area (Å²) in [6.45, 7) is 0.874. The fourth-order valence-corrected chi connectivity index (χ4v) is 3.03. The SMILES string of the molecule is O=C1Cc2ccccc2N1N1CCc2ccccc21. The average Bonchev–Trinajstić information content (AvgIpc) is 2.98. The number of carbonyl (C=O) groups is 1. The fourth-order valence-electron chi connectivity index (χ4n) is 3.03. The minimum atomic E-state index is 0.165. The van der Waals surface area contributed by atoms with Gasteiger partial charge in [0.15, 0.2) is 0 Å². The molecular formula is C16H14N2O. The van der Waals surface area contributed by atoms with Crippen molar-refractivity contribution in [2.24, 2.45) is 0 Å². The van der Waals surface area contributed by atoms with Crippen molar-refractivity contribution in [2.45, 2.75) is 12.8 Å². The molecule has 1 amide bonds. The molecule has 0 bridgehead atoms. The molecule has 0 saturated carbocycles. The number of para-hydroxylation sites is 2. The summed E-state index contributed by atoms with van der Waals surface area (Å²) in [7, 11) is 0. The first-order chi connectivity index (χ1) is 9.34. The number of fused-ring (bicyclic) bond motifs is 2. The molecule has 0 spiro atoms. The molecule has 94 valence electrons. The number of benzene rings is 2. The summed E-state index contributed by atoms with van der Waals surface area (Å²) < 4.78 is 0. The van der Waals surface area contributed by atoms with Crippen LogP contribution in [0.3, 0.4) is 0 Å². The van der Waals surface area contributed by atoms with Crippen molar-refractivity contribution >= 4 is 17.3 Å². The molecule has 3 heteroatoms. The van der Waals surface area contributed by atoms with Crippen molar-refractivity contribution in [3.8, 4) is 0 Å². The van der Waals surface area contributed by atoms with Crippen molar-refractivity contribution in [1.29, 1.82) is 0 Å². The van der Waals surface area contributed by atoms with Gasteiger partial charge in [-0.15, -0.1) is 0 Å². The molecule has 0 aromatic heterocycles. The van der Waals surface area contributed by atoms with E-state index >= 15 is 0 Å². The first-order valence-electron chi connectivity index (χ1n) is 6.61. The summed E-state index contributed by atoms with van der Waals surface area (Å²) in [6.07, 6.45) is 1.51. The average molecular weight is 250 g/mol. The van der Waals surface area contributed by atoms with Crippen LogP contribution in [0.1, 0.15) is 11.1 Å². The zero-order chi connectivity index (χ0) is 12.8. The molecule has 0 N–H and O–H groups in total. The molecule has 2 aliphatic rings. The normalized spacial score (nSPS) is 16.7. The largest absolute Gasteiger partial charge is 0.278 e. The standard InChI is InChI=1S/C16H14N2O/c19-16-11-13-6-2-4-8-15(13)18(16)17-10-9-12-5-1-3-7-14(12)17/h1-8H,9-11H2. The minimum absolute atomic E-state index is 0.165. The lowest BCUT2D eigenvalue weighted by molar-refractivity contribution is -0.117. The van der Waals surface area contributed by atoms with E-state index in [9.17, 15) is 4.79 Å². The van der Waals surface area contributed by atoms with E-state index in [0.717, 1.165) is 29.9 Å². The molecule has 0 atom stereocenters. The van der Waals surface area contributed by atoms with Gasteiger partial charge in [-0.3, -0.25) is 9.80 Å². The number of rotatable bonds is 1. The van der Waals surface area contributed by atoms with E-state index in [1.807, 2.05) is 35.3 Å². The summed E-state index contributed by atoms with van der Waals surface area (Å²) in [5.74, 6) is 0.165. The predicted molar refractivity (Wildman–Crippen MR) is 75.1 cm³/mol. The number of amides is 1. The Morgan fingerprint density at radius 3 is 2.37 bits per heavy atom. The highest BCUT2D eigenvalue weighted by molar-refractivity contribution is 6.03. The van der Waals surface area contributed by atoms with E-state index < -0.39 is 0 Å². The molecule has 3 nitrogen and oxygen atoms in total. The van der Waals surface area contributed by atoms with Crippen LogP contribution in [0.5, 0.6) is 0 Å². The molecule has 19 heavy (non-hydrogen) atoms. The zero-order valence-corrected chi connectivity index (χ0v) is 10.5. The Morgan fingerprint density at radius 2 is 1.53 bits per heavy atom. The third kappa shape index (κ3) is 1.48. The second-order valence-electron chi connectivity index (χ2n) is 5.01. The maximum atomic E-state index is 12.3. The lowest BCUT2D eigenvalue weighted by Crippen LogP contribution is -2.44. The molecule has 0 radical (unpaired) electrons. The quantitative estimate of drug-likeness (QED) is 0.776. The third-order valence-electron chi connectivity index (χ3n) is 3.90. The van der Waals surface area contributed by atoms with Crippen molar-refractivity contribution in [3.05, 3.63) is 59.7 Å². The first kappa shape index (κ1) is 10.6. The Morgan fingerprint density at radius 1 is 0.842 bits per heavy atom. The van der Waals surface area contributed by atoms with E-state index in [4.69, 9.17) is 0 Å². The van der Waals surface area contributed by atoms with Crippen LogP contribution in [0.15, 0.2) is 48.5 Å². The van der Waals surface area contributed by atoms with Crippen LogP contribution >= 0.6 is 0 Å². The topological polar surface area (TPSA) is 23.6 Å². The van der Waals surface area contributed by atoms with E-state index in [0.29, 0.717) is 6.42 Å². The minimum Gasteiger partial charge on any atom is -0.278 e. The Labute approximate surface area is 112 Å². The van der Waals surface area contributed by atoms with Crippen LogP contribution < -0.4 is 10.0 Å². The van der Waals surface area contributed by atoms with Crippen molar-refractivity contribution in [3.63, 3.8) is 0 Å². The molecule has 2 aromatic rings. The Hall–Kier alpha value is -2.29. The molecule has 0 fully saturated rings. The van der Waals surface area contributed by atoms with Crippen molar-refractivity contribution in [1.82, 2.24) is 0 Å². The van der Waals surface area contributed by atoms with Gasteiger partial charge in [-0.05, 0) is 29.7 Å². The van der Waals surface area contributed by atoms with E-state index in [1.54, 1.807) is 0 Å². The van der Waals surface area contributed by atoms with Gasteiger partial charge in [-0.2, -0.15) is 0 Å². The van der Waals surface area contributed by atoms with Crippen LogP contribution in [-0.4, -0.2) is 12.5 Å². The molecule has 2 heterocycles. The first-order valence-corrected chi connectivity index (χ1v) is 6.61. The monoisotopic (exact) mass is 250 g/mol. The van der Waals surface area contributed by atoms with Gasteiger partial charge >= 0.3 is 0 Å². The lowest BCUT2D eigenvalue weighted by atomic mass is 10.2. The summed E-state index contributed by atoms with van der Waals surface area (Å²) in [5, 5.41) is 3.96. The van der Waals surface area contributed by atoms with E-state index in [2.05, 4.69) is 23.2 Å². The predicted octanol–water partition coefficient (Wildman–Crippen LogP) is 2.55. The molecule has 0 unspecified atom stereocenters. The number of carbonyl (C=O) groups excluding carboxylic acids is 1. The van der Waals surface area contributed by atoms with Crippen molar-refractivity contribution in [2.75, 3.05) is 16.6 Å². The lowest BCUT2D eigenvalue weighted by Gasteiger charge is -2.30. The highest BCUT2D eigenvalue weighted by atomic mass is 16.2. The highest BCUT2D eigenvalue weighted by Gasteiger charge is 2.34. The molecule has 4 rings (SSSR count). The van der Waals surface area contributed by atoms with Gasteiger partial charge in [0.2, 0.25) is 5.91 Å². The van der Waals surface area contributed by atoms with Gasteiger partial charge < -0.3 is 0 Å². The van der Waals surface area contributed by atoms with Gasteiger partial charge in [-0.25, -0.2) is 5.01 Å². The number of hydrogen-bond donors (Lipinski definition) is 0. The van der Waals surface area contributed by atoms with E-state index in [1.165, 1.54) is 5.56 Å². The van der Waals surface area contributed by atoms with Gasteiger partial charge in [0.25, 0.3) is 0 Å². The van der Waals surface area contributed by atoms with Crippen LogP contribution in [-0.2, 0) is 17.6 Å². The van der Waals surface area contributed by atoms with Gasteiger partial charge in [0.05, 0.1) is 17.8 Å². The molecule has 2 aliphatic heterocycles. The number of nitrogens with zero attached hydrogens (tertiary/aromatic N) is 2. The number of hydrogen-bond acceptors (Lipinski definition) is 2. The Bertz CT molecular complexity index is 665. The van der Waals surface area contributed by atoms with E-state index in [-0.39, 0.29) is 5.91 Å². The Kier molecular flexibility index (Phi) is 2.15. The highest BCUT2D eigenvalue weighted by Crippen LogP contribution is 2.36. The number of hydrazine groups is 1. The van der Waals surface area contributed by atoms with Crippen LogP contribution in [0.2, 0.25) is 0 Å². The number of anilines is 2. The summed E-state index contributed by atoms with van der Waals surface area (Å²) in [4.78, 5) is 12.3. The second-order valence-corrected chi connectivity index (χ2v) is 5.01. The second kappa shape index (κ2) is 3.85. The van der Waals surface area contributed by atoms with Crippen LogP contribution in [0, 0.1) is 0 Å². The van der Waals surface area contributed by atoms with Crippen LogP contribution in [0.4, 0.5) is 11.4 Å². The van der Waals surface area contributed by atoms with Crippen molar-refractivity contribution < 1.29 is 4.79 Å². The third-order valence-corrected chi connectivity index (χ3v) is 3.90. The molecule has 0 saturated heterocycles. The van der Waals surface area contributed by atoms with Gasteiger partial charge in [0.1, 0.15) is 0 Å². The Balaban J connectivity index is 1.81. The van der Waals surface area contributed by atoms with Gasteiger partial charge in [-0.1, -0.05) is 36.4 Å². The molecule has 0 aliphatic carbocycles. The summed E-state index contributed by atoms with van der Waals surface area (Å²) in [5.41, 5.74) is 4.63. The summed E-state index contributed by atoms with van der Waals surface area (Å²) >= 11 is 0. The van der Waals surface area contributed by atoms with Crippen LogP contribution in [0.25, 0.3) is 0 Å². The van der Waals surface area contributed by atoms with Gasteiger partial charge in [0, 0.05) is 6.54 Å². The fraction of sp³-hybridized carbons (Fsp3) is 0.188. The maximum absolute atomic E-state index is 12.3. The smallest absolute Gasteiger partial charge is 0.250 e. The maximum Gasteiger partial charge on any atom is 0.250 e. The molecular weight excluding hydrogens is 236 g/mol.